The lowest BCUT2D eigenvalue weighted by Gasteiger charge is -2.40. The number of hydrogen-bond donors (Lipinski definition) is 0. The number of fused-ring (bicyclic) bond motifs is 2. The first-order valence-corrected chi connectivity index (χ1v) is 18.4. The molecule has 6 rings (SSSR count). The van der Waals surface area contributed by atoms with Crippen LogP contribution in [0.3, 0.4) is 0 Å². The molecule has 2 heterocycles. The maximum atomic E-state index is 7.12. The highest BCUT2D eigenvalue weighted by Crippen LogP contribution is 2.70. The van der Waals surface area contributed by atoms with Crippen molar-refractivity contribution in [3.8, 4) is 56.8 Å². The molecule has 0 aromatic heterocycles. The zero-order valence-corrected chi connectivity index (χ0v) is 30.2. The molecule has 2 aliphatic rings. The van der Waals surface area contributed by atoms with Crippen LogP contribution in [0.4, 0.5) is 0 Å². The second-order valence-electron chi connectivity index (χ2n) is 13.5. The van der Waals surface area contributed by atoms with Gasteiger partial charge in [0.2, 0.25) is 0 Å². The van der Waals surface area contributed by atoms with E-state index in [9.17, 15) is 0 Å². The standard InChI is InChI=1S/C38H44O6P2/c1-37(2,3)45-33-23(31-25(39-7)17-13-18-26(31)40-8)15-11-21-29(33)43-35(45)36-44-30-22-12-16-24(34(30)46(36)38(4,5)6)32-27(41-9)19-14-20-28(32)42-10/h11-22,35-36H,1-10H3/t35-,36-,45-,46+/m1/s1. The van der Waals surface area contributed by atoms with Gasteiger partial charge < -0.3 is 28.4 Å². The number of ether oxygens (including phenoxy) is 6. The second-order valence-corrected chi connectivity index (χ2v) is 19.6. The van der Waals surface area contributed by atoms with E-state index in [0.717, 1.165) is 56.8 Å². The molecular weight excluding hydrogens is 614 g/mol. The van der Waals surface area contributed by atoms with Crippen molar-refractivity contribution in [1.29, 1.82) is 0 Å². The molecule has 4 atom stereocenters. The van der Waals surface area contributed by atoms with Crippen LogP contribution in [0.5, 0.6) is 34.5 Å². The highest BCUT2D eigenvalue weighted by molar-refractivity contribution is 7.72. The Morgan fingerprint density at radius 2 is 0.783 bits per heavy atom. The van der Waals surface area contributed by atoms with Crippen molar-refractivity contribution < 1.29 is 28.4 Å². The van der Waals surface area contributed by atoms with E-state index in [1.807, 2.05) is 36.4 Å². The van der Waals surface area contributed by atoms with Crippen molar-refractivity contribution in [3.63, 3.8) is 0 Å². The quantitative estimate of drug-likeness (QED) is 0.185. The largest absolute Gasteiger partial charge is 0.496 e. The lowest BCUT2D eigenvalue weighted by molar-refractivity contribution is 0.171. The fourth-order valence-corrected chi connectivity index (χ4v) is 13.7. The summed E-state index contributed by atoms with van der Waals surface area (Å²) in [5, 5.41) is 2.27. The van der Waals surface area contributed by atoms with Gasteiger partial charge in [-0.3, -0.25) is 0 Å². The van der Waals surface area contributed by atoms with E-state index >= 15 is 0 Å². The third kappa shape index (κ3) is 5.38. The van der Waals surface area contributed by atoms with Crippen LogP contribution in [-0.2, 0) is 0 Å². The van der Waals surface area contributed by atoms with Crippen LogP contribution in [0, 0.1) is 0 Å². The zero-order valence-electron chi connectivity index (χ0n) is 28.4. The lowest BCUT2D eigenvalue weighted by Crippen LogP contribution is -2.38. The molecule has 0 aliphatic carbocycles. The Kier molecular flexibility index (Phi) is 8.68. The molecule has 0 saturated heterocycles. The summed E-state index contributed by atoms with van der Waals surface area (Å²) in [5.74, 6) is 4.58. The minimum atomic E-state index is -0.906. The Morgan fingerprint density at radius 1 is 0.478 bits per heavy atom. The first-order valence-electron chi connectivity index (χ1n) is 15.5. The van der Waals surface area contributed by atoms with Gasteiger partial charge in [0.1, 0.15) is 34.5 Å². The number of methoxy groups -OCH3 is 4. The van der Waals surface area contributed by atoms with Crippen LogP contribution in [0.15, 0.2) is 72.8 Å². The van der Waals surface area contributed by atoms with E-state index in [2.05, 4.69) is 77.9 Å². The average molecular weight is 659 g/mol. The van der Waals surface area contributed by atoms with Crippen LogP contribution in [-0.4, -0.2) is 50.4 Å². The maximum Gasteiger partial charge on any atom is 0.162 e. The lowest BCUT2D eigenvalue weighted by atomic mass is 10.0. The summed E-state index contributed by atoms with van der Waals surface area (Å²) in [7, 11) is 5.03. The van der Waals surface area contributed by atoms with Crippen molar-refractivity contribution in [2.24, 2.45) is 0 Å². The third-order valence-corrected chi connectivity index (χ3v) is 15.4. The summed E-state index contributed by atoms with van der Waals surface area (Å²) in [6, 6.07) is 24.6. The van der Waals surface area contributed by atoms with Gasteiger partial charge in [-0.25, -0.2) is 0 Å². The minimum absolute atomic E-state index is 0.0949. The van der Waals surface area contributed by atoms with Gasteiger partial charge in [0, 0.05) is 21.7 Å². The Morgan fingerprint density at radius 3 is 1.07 bits per heavy atom. The Bertz CT molecular complexity index is 1580. The Balaban J connectivity index is 1.54. The topological polar surface area (TPSA) is 55.4 Å². The summed E-state index contributed by atoms with van der Waals surface area (Å²) < 4.78 is 37.8. The molecule has 2 aliphatic heterocycles. The molecule has 6 nitrogen and oxygen atoms in total. The minimum Gasteiger partial charge on any atom is -0.496 e. The third-order valence-electron chi connectivity index (χ3n) is 8.57. The van der Waals surface area contributed by atoms with Crippen molar-refractivity contribution in [2.75, 3.05) is 28.4 Å². The first-order chi connectivity index (χ1) is 21.9. The van der Waals surface area contributed by atoms with Crippen LogP contribution in [0.1, 0.15) is 41.5 Å². The van der Waals surface area contributed by atoms with Gasteiger partial charge in [-0.05, 0) is 62.6 Å². The molecule has 4 aromatic carbocycles. The summed E-state index contributed by atoms with van der Waals surface area (Å²) in [5.41, 5.74) is 4.07. The molecule has 4 aromatic rings. The van der Waals surface area contributed by atoms with Gasteiger partial charge in [0.25, 0.3) is 0 Å². The second kappa shape index (κ2) is 12.3. The van der Waals surface area contributed by atoms with Crippen molar-refractivity contribution >= 4 is 26.5 Å². The highest BCUT2D eigenvalue weighted by atomic mass is 31.1. The average Bonchev–Trinajstić information content (AvgIpc) is 3.63. The van der Waals surface area contributed by atoms with Crippen molar-refractivity contribution in [2.45, 2.75) is 63.5 Å². The van der Waals surface area contributed by atoms with E-state index in [0.29, 0.717) is 0 Å². The molecular formula is C38H44O6P2. The predicted octanol–water partition coefficient (Wildman–Crippen LogP) is 9.00. The van der Waals surface area contributed by atoms with Crippen molar-refractivity contribution in [1.82, 2.24) is 0 Å². The predicted molar refractivity (Wildman–Crippen MR) is 191 cm³/mol. The fourth-order valence-electron chi connectivity index (χ4n) is 6.79. The molecule has 0 bridgehead atoms. The molecule has 46 heavy (non-hydrogen) atoms. The van der Waals surface area contributed by atoms with Crippen LogP contribution >= 0.6 is 15.8 Å². The van der Waals surface area contributed by atoms with Gasteiger partial charge in [-0.2, -0.15) is 0 Å². The summed E-state index contributed by atoms with van der Waals surface area (Å²) >= 11 is 0. The summed E-state index contributed by atoms with van der Waals surface area (Å²) in [6.07, 6.45) is 0. The van der Waals surface area contributed by atoms with Crippen molar-refractivity contribution in [3.05, 3.63) is 72.8 Å². The molecule has 0 amide bonds. The molecule has 242 valence electrons. The van der Waals surface area contributed by atoms with Gasteiger partial charge in [-0.15, -0.1) is 0 Å². The maximum absolute atomic E-state index is 7.12. The Hall–Kier alpha value is -3.46. The van der Waals surface area contributed by atoms with Gasteiger partial charge >= 0.3 is 0 Å². The highest BCUT2D eigenvalue weighted by Gasteiger charge is 2.55. The first kappa shape index (κ1) is 32.5. The SMILES string of the molecule is COc1cccc(OC)c1-c1cccc2c1[P@@](C(C)(C)C)[C@H]([C@@H]1Oc3cccc(-c4c(OC)cccc4OC)c3[P@]1C(C)(C)C)O2. The van der Waals surface area contributed by atoms with E-state index in [1.54, 1.807) is 28.4 Å². The smallest absolute Gasteiger partial charge is 0.162 e. The van der Waals surface area contributed by atoms with E-state index in [1.165, 1.54) is 10.6 Å². The number of hydrogen-bond acceptors (Lipinski definition) is 6. The van der Waals surface area contributed by atoms with Crippen LogP contribution < -0.4 is 39.0 Å². The van der Waals surface area contributed by atoms with Gasteiger partial charge in [-0.1, -0.05) is 77.9 Å². The van der Waals surface area contributed by atoms with Gasteiger partial charge in [0.15, 0.2) is 11.7 Å². The monoisotopic (exact) mass is 658 g/mol. The number of rotatable bonds is 7. The summed E-state index contributed by atoms with van der Waals surface area (Å²) in [6.45, 7) is 14.0. The zero-order chi connectivity index (χ0) is 33.0. The molecule has 0 N–H and O–H groups in total. The molecule has 0 saturated carbocycles. The summed E-state index contributed by atoms with van der Waals surface area (Å²) in [4.78, 5) is 0. The molecule has 0 unspecified atom stereocenters. The molecule has 0 fully saturated rings. The van der Waals surface area contributed by atoms with E-state index in [4.69, 9.17) is 28.4 Å². The van der Waals surface area contributed by atoms with Crippen LogP contribution in [0.25, 0.3) is 22.3 Å². The van der Waals surface area contributed by atoms with Gasteiger partial charge in [0.05, 0.1) is 39.6 Å². The Labute approximate surface area is 275 Å². The normalized spacial score (nSPS) is 20.3. The van der Waals surface area contributed by atoms with E-state index < -0.39 is 15.8 Å². The van der Waals surface area contributed by atoms with Crippen LogP contribution in [0.2, 0.25) is 0 Å². The molecule has 8 heteroatoms. The number of benzene rings is 4. The molecule has 0 spiro atoms. The molecule has 0 radical (unpaired) electrons. The fraction of sp³-hybridized carbons (Fsp3) is 0.368. The van der Waals surface area contributed by atoms with E-state index in [-0.39, 0.29) is 22.0 Å².